The average molecular weight is 219 g/mol. The molecule has 3 nitrogen and oxygen atoms in total. The van der Waals surface area contributed by atoms with Gasteiger partial charge in [-0.15, -0.1) is 0 Å². The molecule has 0 unspecified atom stereocenters. The van der Waals surface area contributed by atoms with Gasteiger partial charge in [0.25, 0.3) is 0 Å². The molecule has 1 aliphatic carbocycles. The third kappa shape index (κ3) is 2.09. The minimum atomic E-state index is -0.885. The molecule has 0 heterocycles. The van der Waals surface area contributed by atoms with Crippen LogP contribution < -0.4 is 5.73 Å². The summed E-state index contributed by atoms with van der Waals surface area (Å²) in [7, 11) is 0. The van der Waals surface area contributed by atoms with Gasteiger partial charge in [0.05, 0.1) is 5.56 Å². The van der Waals surface area contributed by atoms with E-state index in [-0.39, 0.29) is 6.04 Å². The summed E-state index contributed by atoms with van der Waals surface area (Å²) in [6.07, 6.45) is 4.67. The molecule has 1 aromatic rings. The number of rotatable bonds is 3. The molecule has 3 N–H and O–H groups in total. The van der Waals surface area contributed by atoms with Gasteiger partial charge < -0.3 is 10.8 Å². The van der Waals surface area contributed by atoms with Crippen LogP contribution in [0.5, 0.6) is 0 Å². The number of benzene rings is 1. The van der Waals surface area contributed by atoms with Gasteiger partial charge in [-0.05, 0) is 30.4 Å². The Hall–Kier alpha value is -1.35. The molecule has 1 fully saturated rings. The van der Waals surface area contributed by atoms with Gasteiger partial charge in [0.15, 0.2) is 0 Å². The van der Waals surface area contributed by atoms with Crippen LogP contribution in [0.15, 0.2) is 24.3 Å². The normalized spacial score (nSPS) is 18.6. The van der Waals surface area contributed by atoms with Crippen LogP contribution in [-0.2, 0) is 0 Å². The maximum atomic E-state index is 11.1. The molecule has 0 spiro atoms. The highest BCUT2D eigenvalue weighted by Gasteiger charge is 2.25. The molecule has 0 saturated heterocycles. The Balaban J connectivity index is 2.27. The van der Waals surface area contributed by atoms with Crippen LogP contribution in [-0.4, -0.2) is 11.1 Å². The zero-order valence-electron chi connectivity index (χ0n) is 9.23. The SMILES string of the molecule is N[C@H](c1ccccc1C(=O)O)C1CCCC1. The lowest BCUT2D eigenvalue weighted by atomic mass is 9.89. The van der Waals surface area contributed by atoms with Crippen molar-refractivity contribution >= 4 is 5.97 Å². The van der Waals surface area contributed by atoms with Crippen LogP contribution >= 0.6 is 0 Å². The Morgan fingerprint density at radius 2 is 1.94 bits per heavy atom. The molecule has 2 rings (SSSR count). The zero-order valence-corrected chi connectivity index (χ0v) is 9.23. The zero-order chi connectivity index (χ0) is 11.5. The molecule has 1 atom stereocenters. The Kier molecular flexibility index (Phi) is 3.25. The highest BCUT2D eigenvalue weighted by Crippen LogP contribution is 2.35. The summed E-state index contributed by atoms with van der Waals surface area (Å²) >= 11 is 0. The molecule has 1 aromatic carbocycles. The Labute approximate surface area is 95.3 Å². The predicted molar refractivity (Wildman–Crippen MR) is 62.3 cm³/mol. The van der Waals surface area contributed by atoms with Crippen molar-refractivity contribution in [1.82, 2.24) is 0 Å². The molecule has 1 aliphatic rings. The highest BCUT2D eigenvalue weighted by molar-refractivity contribution is 5.89. The lowest BCUT2D eigenvalue weighted by Gasteiger charge is -2.20. The van der Waals surface area contributed by atoms with Gasteiger partial charge in [0, 0.05) is 6.04 Å². The smallest absolute Gasteiger partial charge is 0.336 e. The van der Waals surface area contributed by atoms with E-state index in [0.29, 0.717) is 11.5 Å². The van der Waals surface area contributed by atoms with Gasteiger partial charge in [-0.1, -0.05) is 31.0 Å². The minimum Gasteiger partial charge on any atom is -0.478 e. The van der Waals surface area contributed by atoms with Crippen molar-refractivity contribution in [2.45, 2.75) is 31.7 Å². The second kappa shape index (κ2) is 4.66. The number of hydrogen-bond acceptors (Lipinski definition) is 2. The lowest BCUT2D eigenvalue weighted by molar-refractivity contribution is 0.0694. The maximum Gasteiger partial charge on any atom is 0.336 e. The minimum absolute atomic E-state index is 0.130. The van der Waals surface area contributed by atoms with E-state index in [1.165, 1.54) is 12.8 Å². The molecule has 0 bridgehead atoms. The predicted octanol–water partition coefficient (Wildman–Crippen LogP) is 2.57. The summed E-state index contributed by atoms with van der Waals surface area (Å²) in [5, 5.41) is 9.10. The maximum absolute atomic E-state index is 11.1. The summed E-state index contributed by atoms with van der Waals surface area (Å²) < 4.78 is 0. The summed E-state index contributed by atoms with van der Waals surface area (Å²) in [5.41, 5.74) is 7.30. The second-order valence-corrected chi connectivity index (χ2v) is 4.46. The van der Waals surface area contributed by atoms with Crippen LogP contribution in [0.4, 0.5) is 0 Å². The molecular weight excluding hydrogens is 202 g/mol. The van der Waals surface area contributed by atoms with E-state index in [9.17, 15) is 4.79 Å². The number of aromatic carboxylic acids is 1. The van der Waals surface area contributed by atoms with Gasteiger partial charge >= 0.3 is 5.97 Å². The molecule has 0 aromatic heterocycles. The third-order valence-corrected chi connectivity index (χ3v) is 3.46. The van der Waals surface area contributed by atoms with Crippen LogP contribution in [0, 0.1) is 5.92 Å². The van der Waals surface area contributed by atoms with Crippen LogP contribution in [0.1, 0.15) is 47.6 Å². The quantitative estimate of drug-likeness (QED) is 0.821. The van der Waals surface area contributed by atoms with Crippen molar-refractivity contribution in [1.29, 1.82) is 0 Å². The van der Waals surface area contributed by atoms with Gasteiger partial charge in [-0.2, -0.15) is 0 Å². The Morgan fingerprint density at radius 1 is 1.31 bits per heavy atom. The summed E-state index contributed by atoms with van der Waals surface area (Å²) in [5.74, 6) is -0.440. The van der Waals surface area contributed by atoms with E-state index < -0.39 is 5.97 Å². The van der Waals surface area contributed by atoms with Gasteiger partial charge in [0.2, 0.25) is 0 Å². The summed E-state index contributed by atoms with van der Waals surface area (Å²) in [6, 6.07) is 6.94. The fourth-order valence-electron chi connectivity index (χ4n) is 2.55. The largest absolute Gasteiger partial charge is 0.478 e. The lowest BCUT2D eigenvalue weighted by Crippen LogP contribution is -2.21. The highest BCUT2D eigenvalue weighted by atomic mass is 16.4. The fourth-order valence-corrected chi connectivity index (χ4v) is 2.55. The molecule has 0 amide bonds. The van der Waals surface area contributed by atoms with Crippen molar-refractivity contribution in [2.24, 2.45) is 11.7 Å². The number of carboxylic acids is 1. The summed E-state index contributed by atoms with van der Waals surface area (Å²) in [6.45, 7) is 0. The molecule has 0 aliphatic heterocycles. The van der Waals surface area contributed by atoms with E-state index in [1.807, 2.05) is 12.1 Å². The van der Waals surface area contributed by atoms with Crippen LogP contribution in [0.3, 0.4) is 0 Å². The van der Waals surface area contributed by atoms with Crippen molar-refractivity contribution in [3.63, 3.8) is 0 Å². The first-order chi connectivity index (χ1) is 7.70. The monoisotopic (exact) mass is 219 g/mol. The third-order valence-electron chi connectivity index (χ3n) is 3.46. The first kappa shape index (κ1) is 11.1. The van der Waals surface area contributed by atoms with E-state index in [2.05, 4.69) is 0 Å². The molecule has 86 valence electrons. The fraction of sp³-hybridized carbons (Fsp3) is 0.462. The molecule has 0 radical (unpaired) electrons. The van der Waals surface area contributed by atoms with E-state index >= 15 is 0 Å². The molecule has 1 saturated carbocycles. The van der Waals surface area contributed by atoms with Crippen molar-refractivity contribution in [3.8, 4) is 0 Å². The first-order valence-electron chi connectivity index (χ1n) is 5.78. The Morgan fingerprint density at radius 3 is 2.56 bits per heavy atom. The van der Waals surface area contributed by atoms with Gasteiger partial charge in [0.1, 0.15) is 0 Å². The van der Waals surface area contributed by atoms with E-state index in [4.69, 9.17) is 10.8 Å². The molecule has 16 heavy (non-hydrogen) atoms. The summed E-state index contributed by atoms with van der Waals surface area (Å²) in [4.78, 5) is 11.1. The first-order valence-corrected chi connectivity index (χ1v) is 5.78. The number of nitrogens with two attached hydrogens (primary N) is 1. The number of hydrogen-bond donors (Lipinski definition) is 2. The van der Waals surface area contributed by atoms with Crippen LogP contribution in [0.25, 0.3) is 0 Å². The van der Waals surface area contributed by atoms with Gasteiger partial charge in [-0.25, -0.2) is 4.79 Å². The molecular formula is C13H17NO2. The number of carbonyl (C=O) groups is 1. The standard InChI is InChI=1S/C13H17NO2/c14-12(9-5-1-2-6-9)10-7-3-4-8-11(10)13(15)16/h3-4,7-9,12H,1-2,5-6,14H2,(H,15,16)/t12-/m0/s1. The van der Waals surface area contributed by atoms with E-state index in [0.717, 1.165) is 18.4 Å². The molecule has 3 heteroatoms. The average Bonchev–Trinajstić information content (AvgIpc) is 2.81. The van der Waals surface area contributed by atoms with Crippen molar-refractivity contribution in [3.05, 3.63) is 35.4 Å². The Bertz CT molecular complexity index is 383. The van der Waals surface area contributed by atoms with Crippen molar-refractivity contribution in [2.75, 3.05) is 0 Å². The van der Waals surface area contributed by atoms with Crippen LogP contribution in [0.2, 0.25) is 0 Å². The van der Waals surface area contributed by atoms with E-state index in [1.54, 1.807) is 12.1 Å². The topological polar surface area (TPSA) is 63.3 Å². The van der Waals surface area contributed by atoms with Crippen molar-refractivity contribution < 1.29 is 9.90 Å². The van der Waals surface area contributed by atoms with Gasteiger partial charge in [-0.3, -0.25) is 0 Å². The second-order valence-electron chi connectivity index (χ2n) is 4.46. The number of carboxylic acid groups (broad SMARTS) is 1.